The standard InChI is InChI=1S/C12H16BrNOS/c13-9-1-5-11(6-2-9)16(15)12-7-3-10(14)4-8-12/h1-2,5-6,10,12H,3-4,7-8,14H2. The van der Waals surface area contributed by atoms with Crippen molar-refractivity contribution in [3.8, 4) is 0 Å². The second kappa shape index (κ2) is 5.43. The normalized spacial score (nSPS) is 27.6. The van der Waals surface area contributed by atoms with E-state index in [1.807, 2.05) is 24.3 Å². The van der Waals surface area contributed by atoms with Crippen LogP contribution in [0.2, 0.25) is 0 Å². The number of hydrogen-bond acceptors (Lipinski definition) is 2. The molecule has 0 heterocycles. The Morgan fingerprint density at radius 1 is 1.12 bits per heavy atom. The van der Waals surface area contributed by atoms with Gasteiger partial charge in [0.25, 0.3) is 0 Å². The van der Waals surface area contributed by atoms with Gasteiger partial charge in [-0.15, -0.1) is 0 Å². The van der Waals surface area contributed by atoms with Crippen LogP contribution in [0.25, 0.3) is 0 Å². The van der Waals surface area contributed by atoms with Gasteiger partial charge in [0, 0.05) is 20.7 Å². The monoisotopic (exact) mass is 301 g/mol. The van der Waals surface area contributed by atoms with E-state index >= 15 is 0 Å². The number of halogens is 1. The second-order valence-electron chi connectivity index (χ2n) is 4.29. The summed E-state index contributed by atoms with van der Waals surface area (Å²) in [7, 11) is -0.869. The minimum atomic E-state index is -0.869. The topological polar surface area (TPSA) is 43.1 Å². The Morgan fingerprint density at radius 2 is 1.69 bits per heavy atom. The zero-order valence-corrected chi connectivity index (χ0v) is 11.5. The molecule has 0 aromatic heterocycles. The largest absolute Gasteiger partial charge is 0.328 e. The molecule has 1 unspecified atom stereocenters. The first-order chi connectivity index (χ1) is 7.66. The van der Waals surface area contributed by atoms with Gasteiger partial charge in [0.1, 0.15) is 0 Å². The Hall–Kier alpha value is -0.190. The summed E-state index contributed by atoms with van der Waals surface area (Å²) in [6, 6.07) is 8.09. The molecule has 1 aromatic carbocycles. The lowest BCUT2D eigenvalue weighted by Crippen LogP contribution is -2.31. The van der Waals surface area contributed by atoms with Crippen LogP contribution in [0, 0.1) is 0 Å². The first kappa shape index (κ1) is 12.3. The molecule has 1 aromatic rings. The van der Waals surface area contributed by atoms with Gasteiger partial charge >= 0.3 is 0 Å². The summed E-state index contributed by atoms with van der Waals surface area (Å²) in [6.07, 6.45) is 3.99. The fourth-order valence-electron chi connectivity index (χ4n) is 2.06. The van der Waals surface area contributed by atoms with E-state index in [4.69, 9.17) is 5.73 Å². The molecule has 0 radical (unpaired) electrons. The number of benzene rings is 1. The Morgan fingerprint density at radius 3 is 2.25 bits per heavy atom. The van der Waals surface area contributed by atoms with Gasteiger partial charge in [-0.2, -0.15) is 0 Å². The smallest absolute Gasteiger partial charge is 0.0560 e. The van der Waals surface area contributed by atoms with Gasteiger partial charge in [-0.3, -0.25) is 4.21 Å². The van der Waals surface area contributed by atoms with Crippen LogP contribution in [-0.2, 0) is 10.8 Å². The summed E-state index contributed by atoms with van der Waals surface area (Å²) in [5.74, 6) is 0. The van der Waals surface area contributed by atoms with Gasteiger partial charge in [0.15, 0.2) is 0 Å². The predicted molar refractivity (Wildman–Crippen MR) is 70.8 cm³/mol. The molecule has 0 bridgehead atoms. The molecule has 2 rings (SSSR count). The first-order valence-electron chi connectivity index (χ1n) is 5.58. The Bertz CT molecular complexity index is 371. The number of hydrogen-bond donors (Lipinski definition) is 1. The summed E-state index contributed by atoms with van der Waals surface area (Å²) >= 11 is 3.38. The predicted octanol–water partition coefficient (Wildman–Crippen LogP) is 2.83. The molecule has 1 aliphatic carbocycles. The quantitative estimate of drug-likeness (QED) is 0.913. The van der Waals surface area contributed by atoms with Gasteiger partial charge in [-0.25, -0.2) is 0 Å². The molecular formula is C12H16BrNOS. The van der Waals surface area contributed by atoms with Crippen LogP contribution in [0.1, 0.15) is 25.7 Å². The maximum Gasteiger partial charge on any atom is 0.0560 e. The maximum absolute atomic E-state index is 12.3. The van der Waals surface area contributed by atoms with Crippen LogP contribution >= 0.6 is 15.9 Å². The third-order valence-corrected chi connectivity index (χ3v) is 5.41. The SMILES string of the molecule is NC1CCC(S(=O)c2ccc(Br)cc2)CC1. The molecule has 1 atom stereocenters. The molecule has 1 aliphatic rings. The third kappa shape index (κ3) is 2.93. The first-order valence-corrected chi connectivity index (χ1v) is 7.59. The molecular weight excluding hydrogens is 286 g/mol. The zero-order valence-electron chi connectivity index (χ0n) is 9.06. The van der Waals surface area contributed by atoms with Gasteiger partial charge in [0.2, 0.25) is 0 Å². The fourth-order valence-corrected chi connectivity index (χ4v) is 3.82. The van der Waals surface area contributed by atoms with E-state index in [1.165, 1.54) is 0 Å². The summed E-state index contributed by atoms with van der Waals surface area (Å²) in [6.45, 7) is 0. The maximum atomic E-state index is 12.3. The summed E-state index contributed by atoms with van der Waals surface area (Å²) < 4.78 is 13.3. The fraction of sp³-hybridized carbons (Fsp3) is 0.500. The Balaban J connectivity index is 2.05. The van der Waals surface area contributed by atoms with E-state index in [0.29, 0.717) is 11.3 Å². The van der Waals surface area contributed by atoms with Crippen molar-refractivity contribution in [3.63, 3.8) is 0 Å². The van der Waals surface area contributed by atoms with Crippen LogP contribution in [0.15, 0.2) is 33.6 Å². The van der Waals surface area contributed by atoms with Crippen LogP contribution in [0.5, 0.6) is 0 Å². The Labute approximate surface area is 107 Å². The highest BCUT2D eigenvalue weighted by molar-refractivity contribution is 9.10. The molecule has 1 saturated carbocycles. The highest BCUT2D eigenvalue weighted by Gasteiger charge is 2.24. The summed E-state index contributed by atoms with van der Waals surface area (Å²) in [4.78, 5) is 0.934. The average Bonchev–Trinajstić information content (AvgIpc) is 2.30. The van der Waals surface area contributed by atoms with Crippen molar-refractivity contribution in [2.24, 2.45) is 5.73 Å². The van der Waals surface area contributed by atoms with Gasteiger partial charge in [-0.1, -0.05) is 15.9 Å². The molecule has 4 heteroatoms. The molecule has 0 spiro atoms. The lowest BCUT2D eigenvalue weighted by Gasteiger charge is -2.25. The van der Waals surface area contributed by atoms with Gasteiger partial charge in [-0.05, 0) is 49.9 Å². The molecule has 0 saturated heterocycles. The lowest BCUT2D eigenvalue weighted by molar-refractivity contribution is 0.444. The van der Waals surface area contributed by atoms with Crippen molar-refractivity contribution in [3.05, 3.63) is 28.7 Å². The van der Waals surface area contributed by atoms with Crippen molar-refractivity contribution in [2.75, 3.05) is 0 Å². The van der Waals surface area contributed by atoms with E-state index in [0.717, 1.165) is 35.1 Å². The number of rotatable bonds is 2. The highest BCUT2D eigenvalue weighted by atomic mass is 79.9. The highest BCUT2D eigenvalue weighted by Crippen LogP contribution is 2.26. The van der Waals surface area contributed by atoms with Crippen molar-refractivity contribution in [2.45, 2.75) is 41.9 Å². The van der Waals surface area contributed by atoms with E-state index in [9.17, 15) is 4.21 Å². The van der Waals surface area contributed by atoms with Crippen LogP contribution < -0.4 is 5.73 Å². The second-order valence-corrected chi connectivity index (χ2v) is 6.94. The van der Waals surface area contributed by atoms with Crippen molar-refractivity contribution in [1.82, 2.24) is 0 Å². The van der Waals surface area contributed by atoms with E-state index in [2.05, 4.69) is 15.9 Å². The van der Waals surface area contributed by atoms with Crippen LogP contribution in [0.4, 0.5) is 0 Å². The van der Waals surface area contributed by atoms with Crippen molar-refractivity contribution >= 4 is 26.7 Å². The molecule has 88 valence electrons. The third-order valence-electron chi connectivity index (χ3n) is 3.07. The van der Waals surface area contributed by atoms with E-state index in [1.54, 1.807) is 0 Å². The zero-order chi connectivity index (χ0) is 11.5. The van der Waals surface area contributed by atoms with Crippen molar-refractivity contribution < 1.29 is 4.21 Å². The minimum Gasteiger partial charge on any atom is -0.328 e. The summed E-state index contributed by atoms with van der Waals surface area (Å²) in [5, 5.41) is 0.293. The lowest BCUT2D eigenvalue weighted by atomic mass is 9.96. The summed E-state index contributed by atoms with van der Waals surface area (Å²) in [5.41, 5.74) is 5.85. The van der Waals surface area contributed by atoms with Crippen LogP contribution in [0.3, 0.4) is 0 Å². The van der Waals surface area contributed by atoms with E-state index < -0.39 is 10.8 Å². The molecule has 2 N–H and O–H groups in total. The molecule has 16 heavy (non-hydrogen) atoms. The average molecular weight is 302 g/mol. The molecule has 1 fully saturated rings. The number of nitrogens with two attached hydrogens (primary N) is 1. The van der Waals surface area contributed by atoms with Crippen LogP contribution in [-0.4, -0.2) is 15.5 Å². The molecule has 0 aliphatic heterocycles. The van der Waals surface area contributed by atoms with Gasteiger partial charge in [0.05, 0.1) is 10.8 Å². The van der Waals surface area contributed by atoms with Crippen molar-refractivity contribution in [1.29, 1.82) is 0 Å². The van der Waals surface area contributed by atoms with Gasteiger partial charge < -0.3 is 5.73 Å². The molecule has 0 amide bonds. The molecule has 2 nitrogen and oxygen atoms in total. The minimum absolute atomic E-state index is 0.293. The Kier molecular flexibility index (Phi) is 4.16. The van der Waals surface area contributed by atoms with E-state index in [-0.39, 0.29) is 0 Å².